The van der Waals surface area contributed by atoms with E-state index in [1.54, 1.807) is 12.1 Å². The number of H-pyrrole nitrogens is 1. The van der Waals surface area contributed by atoms with Crippen LogP contribution in [-0.4, -0.2) is 45.4 Å². The summed E-state index contributed by atoms with van der Waals surface area (Å²) >= 11 is 6.42. The van der Waals surface area contributed by atoms with Crippen molar-refractivity contribution in [2.45, 2.75) is 43.7 Å². The number of carboxylic acids is 1. The topological polar surface area (TPSA) is 77.9 Å². The molecule has 2 fully saturated rings. The fraction of sp³-hybridized carbons (Fsp3) is 0.385. The predicted octanol–water partition coefficient (Wildman–Crippen LogP) is 5.63. The molecule has 0 amide bonds. The average molecular weight is 464 g/mol. The van der Waals surface area contributed by atoms with Crippen molar-refractivity contribution >= 4 is 34.2 Å². The zero-order valence-corrected chi connectivity index (χ0v) is 19.0. The van der Waals surface area contributed by atoms with Crippen molar-refractivity contribution in [3.8, 4) is 0 Å². The molecule has 3 aromatic rings. The molecule has 6 nitrogen and oxygen atoms in total. The molecule has 3 aliphatic rings. The van der Waals surface area contributed by atoms with Gasteiger partial charge in [0, 0.05) is 50.0 Å². The highest BCUT2D eigenvalue weighted by atomic mass is 35.5. The van der Waals surface area contributed by atoms with Crippen LogP contribution in [0.3, 0.4) is 0 Å². The van der Waals surface area contributed by atoms with Gasteiger partial charge in [0.15, 0.2) is 0 Å². The van der Waals surface area contributed by atoms with Gasteiger partial charge in [-0.05, 0) is 48.1 Å². The van der Waals surface area contributed by atoms with Crippen molar-refractivity contribution in [1.82, 2.24) is 9.88 Å². The van der Waals surface area contributed by atoms with Crippen LogP contribution in [0.2, 0.25) is 5.02 Å². The third-order valence-electron chi connectivity index (χ3n) is 7.49. The average Bonchev–Trinajstić information content (AvgIpc) is 3.44. The number of nitrogens with one attached hydrogen (secondary N) is 1. The molecule has 1 aliphatic carbocycles. The number of carbonyl (C=O) groups is 1. The van der Waals surface area contributed by atoms with Crippen molar-refractivity contribution in [1.29, 1.82) is 0 Å². The van der Waals surface area contributed by atoms with Crippen molar-refractivity contribution < 1.29 is 14.7 Å². The summed E-state index contributed by atoms with van der Waals surface area (Å²) in [7, 11) is 0. The van der Waals surface area contributed by atoms with Gasteiger partial charge < -0.3 is 14.9 Å². The first-order chi connectivity index (χ1) is 16.0. The Morgan fingerprint density at radius 3 is 2.64 bits per heavy atom. The van der Waals surface area contributed by atoms with Gasteiger partial charge in [-0.1, -0.05) is 41.0 Å². The Morgan fingerprint density at radius 1 is 1.18 bits per heavy atom. The van der Waals surface area contributed by atoms with E-state index in [1.165, 1.54) is 23.8 Å². The number of carboxylic acid groups (broad SMARTS) is 1. The Bertz CT molecular complexity index is 1240. The maximum atomic E-state index is 11.1. The molecule has 1 saturated carbocycles. The van der Waals surface area contributed by atoms with Gasteiger partial charge in [0.05, 0.1) is 21.8 Å². The Labute approximate surface area is 197 Å². The molecule has 3 heterocycles. The zero-order valence-electron chi connectivity index (χ0n) is 18.3. The summed E-state index contributed by atoms with van der Waals surface area (Å²) in [5.41, 5.74) is 4.25. The first-order valence-electron chi connectivity index (χ1n) is 11.6. The number of hydrogen-bond donors (Lipinski definition) is 2. The monoisotopic (exact) mass is 463 g/mol. The van der Waals surface area contributed by atoms with Crippen molar-refractivity contribution in [3.63, 3.8) is 0 Å². The molecule has 1 aromatic heterocycles. The summed E-state index contributed by atoms with van der Waals surface area (Å²) in [6, 6.07) is 13.4. The minimum absolute atomic E-state index is 0.255. The van der Waals surface area contributed by atoms with Crippen LogP contribution in [0.25, 0.3) is 10.9 Å². The van der Waals surface area contributed by atoms with Gasteiger partial charge >= 0.3 is 5.97 Å². The lowest BCUT2D eigenvalue weighted by Crippen LogP contribution is -2.46. The van der Waals surface area contributed by atoms with E-state index in [0.29, 0.717) is 12.0 Å². The van der Waals surface area contributed by atoms with E-state index in [2.05, 4.69) is 27.3 Å². The Balaban J connectivity index is 1.17. The van der Waals surface area contributed by atoms with Gasteiger partial charge in [-0.2, -0.15) is 0 Å². The molecule has 2 N–H and O–H groups in total. The number of aromatic nitrogens is 1. The van der Waals surface area contributed by atoms with E-state index in [4.69, 9.17) is 21.5 Å². The van der Waals surface area contributed by atoms with Crippen LogP contribution in [0.4, 0.5) is 0 Å². The molecule has 1 saturated heterocycles. The number of hydrogen-bond acceptors (Lipinski definition) is 4. The normalized spacial score (nSPS) is 21.2. The van der Waals surface area contributed by atoms with E-state index in [9.17, 15) is 4.79 Å². The quantitative estimate of drug-likeness (QED) is 0.514. The van der Waals surface area contributed by atoms with Gasteiger partial charge in [-0.25, -0.2) is 4.79 Å². The summed E-state index contributed by atoms with van der Waals surface area (Å²) in [6.45, 7) is 1.93. The molecule has 1 unspecified atom stereocenters. The van der Waals surface area contributed by atoms with Gasteiger partial charge in [0.25, 0.3) is 0 Å². The van der Waals surface area contributed by atoms with Crippen LogP contribution in [0.15, 0.2) is 53.8 Å². The second-order valence-electron chi connectivity index (χ2n) is 9.60. The molecule has 1 spiro atoms. The summed E-state index contributed by atoms with van der Waals surface area (Å²) in [6.07, 6.45) is 7.33. The molecule has 6 rings (SSSR count). The molecule has 33 heavy (non-hydrogen) atoms. The van der Waals surface area contributed by atoms with Gasteiger partial charge in [0.2, 0.25) is 0 Å². The lowest BCUT2D eigenvalue weighted by molar-refractivity contribution is -0.0695. The molecule has 2 aromatic carbocycles. The van der Waals surface area contributed by atoms with Crippen LogP contribution >= 0.6 is 11.6 Å². The first-order valence-corrected chi connectivity index (χ1v) is 12.0. The number of nitrogens with zero attached hydrogens (tertiary/aromatic N) is 2. The van der Waals surface area contributed by atoms with Crippen molar-refractivity contribution in [3.05, 3.63) is 70.4 Å². The van der Waals surface area contributed by atoms with Gasteiger partial charge in [-0.3, -0.25) is 4.90 Å². The van der Waals surface area contributed by atoms with Crippen LogP contribution in [0, 0.1) is 5.92 Å². The van der Waals surface area contributed by atoms with Crippen LogP contribution in [0.1, 0.15) is 59.6 Å². The van der Waals surface area contributed by atoms with E-state index < -0.39 is 5.97 Å². The molecule has 1 atom stereocenters. The fourth-order valence-electron chi connectivity index (χ4n) is 5.50. The highest BCUT2D eigenvalue weighted by Crippen LogP contribution is 2.49. The Kier molecular flexibility index (Phi) is 4.96. The smallest absolute Gasteiger partial charge is 0.335 e. The largest absolute Gasteiger partial charge is 0.478 e. The second-order valence-corrected chi connectivity index (χ2v) is 10.0. The number of piperidine rings is 1. The van der Waals surface area contributed by atoms with E-state index in [0.717, 1.165) is 54.2 Å². The van der Waals surface area contributed by atoms with Crippen molar-refractivity contribution in [2.24, 2.45) is 11.1 Å². The molecule has 7 heteroatoms. The third-order valence-corrected chi connectivity index (χ3v) is 7.81. The number of aromatic carboxylic acids is 1. The fourth-order valence-corrected chi connectivity index (χ4v) is 5.73. The standard InChI is InChI=1S/C26H26ClN3O3/c27-21-3-1-2-19-20(15-28-23(19)21)24(17-6-7-17)30-12-10-26(11-13-30)14-22(29-33-26)16-4-8-18(9-5-16)25(31)32/h1-5,8-9,15,17,24,28H,6-7,10-14H2,(H,31,32). The van der Waals surface area contributed by atoms with E-state index in [-0.39, 0.29) is 11.2 Å². The molecule has 2 aliphatic heterocycles. The van der Waals surface area contributed by atoms with Crippen LogP contribution in [-0.2, 0) is 4.84 Å². The van der Waals surface area contributed by atoms with Crippen molar-refractivity contribution in [2.75, 3.05) is 13.1 Å². The summed E-state index contributed by atoms with van der Waals surface area (Å²) in [5, 5.41) is 15.5. The SMILES string of the molecule is O=C(O)c1ccc(C2=NOC3(CCN(C(c4c[nH]c5c(Cl)cccc45)C4CC4)CC3)C2)cc1. The minimum atomic E-state index is -0.919. The highest BCUT2D eigenvalue weighted by Gasteiger charge is 2.46. The van der Waals surface area contributed by atoms with E-state index >= 15 is 0 Å². The molecule has 0 radical (unpaired) electrons. The lowest BCUT2D eigenvalue weighted by atomic mass is 9.84. The number of benzene rings is 2. The summed E-state index contributed by atoms with van der Waals surface area (Å²) in [5.74, 6) is -0.223. The highest BCUT2D eigenvalue weighted by molar-refractivity contribution is 6.35. The summed E-state index contributed by atoms with van der Waals surface area (Å²) in [4.78, 5) is 23.2. The van der Waals surface area contributed by atoms with Gasteiger partial charge in [-0.15, -0.1) is 0 Å². The first kappa shape index (κ1) is 20.8. The zero-order chi connectivity index (χ0) is 22.6. The maximum absolute atomic E-state index is 11.1. The van der Waals surface area contributed by atoms with Crippen LogP contribution in [0.5, 0.6) is 0 Å². The summed E-state index contributed by atoms with van der Waals surface area (Å²) < 4.78 is 0. The van der Waals surface area contributed by atoms with Crippen LogP contribution < -0.4 is 0 Å². The number of likely N-dealkylation sites (tertiary alicyclic amines) is 1. The minimum Gasteiger partial charge on any atom is -0.478 e. The lowest BCUT2D eigenvalue weighted by Gasteiger charge is -2.41. The number of fused-ring (bicyclic) bond motifs is 1. The number of para-hydroxylation sites is 1. The molecule has 0 bridgehead atoms. The third kappa shape index (κ3) is 3.71. The Morgan fingerprint density at radius 2 is 1.94 bits per heavy atom. The Hall–Kier alpha value is -2.83. The number of aromatic amines is 1. The molecular formula is C26H26ClN3O3. The molecule has 170 valence electrons. The predicted molar refractivity (Wildman–Crippen MR) is 128 cm³/mol. The second kappa shape index (κ2) is 7.89. The van der Waals surface area contributed by atoms with E-state index in [1.807, 2.05) is 24.3 Å². The molecular weight excluding hydrogens is 438 g/mol. The number of halogens is 1. The maximum Gasteiger partial charge on any atom is 0.335 e. The number of oxime groups is 1. The number of rotatable bonds is 5. The van der Waals surface area contributed by atoms with Gasteiger partial charge in [0.1, 0.15) is 5.60 Å².